The summed E-state index contributed by atoms with van der Waals surface area (Å²) in [4.78, 5) is 35.0. The molecule has 3 heterocycles. The van der Waals surface area contributed by atoms with Crippen molar-refractivity contribution >= 4 is 23.2 Å². The van der Waals surface area contributed by atoms with Crippen LogP contribution < -0.4 is 0 Å². The van der Waals surface area contributed by atoms with Crippen molar-refractivity contribution in [1.82, 2.24) is 14.8 Å². The van der Waals surface area contributed by atoms with Crippen molar-refractivity contribution in [3.05, 3.63) is 77.4 Å². The number of likely N-dealkylation sites (tertiary alicyclic amines) is 1. The highest BCUT2D eigenvalue weighted by molar-refractivity contribution is 7.13. The van der Waals surface area contributed by atoms with E-state index in [-0.39, 0.29) is 11.8 Å². The van der Waals surface area contributed by atoms with Crippen LogP contribution in [0.15, 0.2) is 66.3 Å². The summed E-state index contributed by atoms with van der Waals surface area (Å²) in [5.74, 6) is 0.140. The summed E-state index contributed by atoms with van der Waals surface area (Å²) < 4.78 is 0. The van der Waals surface area contributed by atoms with Crippen LogP contribution in [0.5, 0.6) is 0 Å². The van der Waals surface area contributed by atoms with Crippen LogP contribution in [0.3, 0.4) is 0 Å². The quantitative estimate of drug-likeness (QED) is 0.592. The maximum atomic E-state index is 13.2. The Labute approximate surface area is 187 Å². The van der Waals surface area contributed by atoms with E-state index in [0.717, 1.165) is 11.1 Å². The zero-order chi connectivity index (χ0) is 21.8. The second kappa shape index (κ2) is 9.02. The minimum absolute atomic E-state index is 0.0504. The Morgan fingerprint density at radius 1 is 1.10 bits per heavy atom. The van der Waals surface area contributed by atoms with Gasteiger partial charge in [-0.3, -0.25) is 14.6 Å². The molecule has 1 fully saturated rings. The first kappa shape index (κ1) is 21.2. The van der Waals surface area contributed by atoms with Crippen LogP contribution in [0.1, 0.15) is 17.5 Å². The third-order valence-electron chi connectivity index (χ3n) is 5.95. The Balaban J connectivity index is 1.51. The molecule has 1 aromatic carbocycles. The minimum atomic E-state index is -0.585. The molecule has 1 aliphatic rings. The maximum absolute atomic E-state index is 13.2. The Hall–Kier alpha value is -2.99. The molecule has 3 aromatic rings. The monoisotopic (exact) mass is 433 g/mol. The highest BCUT2D eigenvalue weighted by atomic mass is 32.1. The molecule has 0 saturated carbocycles. The van der Waals surface area contributed by atoms with Gasteiger partial charge in [-0.05, 0) is 47.0 Å². The van der Waals surface area contributed by atoms with Gasteiger partial charge in [0, 0.05) is 44.5 Å². The van der Waals surface area contributed by atoms with E-state index in [1.165, 1.54) is 10.4 Å². The fourth-order valence-corrected chi connectivity index (χ4v) is 5.10. The van der Waals surface area contributed by atoms with Crippen molar-refractivity contribution in [2.45, 2.75) is 19.3 Å². The van der Waals surface area contributed by atoms with Crippen LogP contribution >= 0.6 is 11.3 Å². The van der Waals surface area contributed by atoms with Gasteiger partial charge in [0.15, 0.2) is 0 Å². The van der Waals surface area contributed by atoms with Gasteiger partial charge in [0.1, 0.15) is 0 Å². The molecule has 160 valence electrons. The highest BCUT2D eigenvalue weighted by Crippen LogP contribution is 2.37. The molecule has 1 aliphatic heterocycles. The molecule has 1 atom stereocenters. The third kappa shape index (κ3) is 4.69. The third-order valence-corrected chi connectivity index (χ3v) is 6.87. The molecule has 1 unspecified atom stereocenters. The van der Waals surface area contributed by atoms with E-state index in [2.05, 4.69) is 40.7 Å². The smallest absolute Gasteiger partial charge is 0.230 e. The predicted octanol–water partition coefficient (Wildman–Crippen LogP) is 3.90. The van der Waals surface area contributed by atoms with Gasteiger partial charge >= 0.3 is 0 Å². The van der Waals surface area contributed by atoms with E-state index in [4.69, 9.17) is 0 Å². The molecular formula is C25H27N3O2S. The lowest BCUT2D eigenvalue weighted by atomic mass is 9.79. The SMILES string of the molecule is CN(C)C(=O)C1(Cc2ccc(-c3cccs3)cc2)CCN(C(=O)Cc2cccnc2)C1. The maximum Gasteiger partial charge on any atom is 0.230 e. The summed E-state index contributed by atoms with van der Waals surface area (Å²) in [6, 6.07) is 16.4. The number of carbonyl (C=O) groups excluding carboxylic acids is 2. The van der Waals surface area contributed by atoms with Gasteiger partial charge in [0.25, 0.3) is 0 Å². The van der Waals surface area contributed by atoms with E-state index in [0.29, 0.717) is 32.4 Å². The van der Waals surface area contributed by atoms with Crippen molar-refractivity contribution in [1.29, 1.82) is 0 Å². The van der Waals surface area contributed by atoms with Gasteiger partial charge in [-0.15, -0.1) is 11.3 Å². The first-order valence-electron chi connectivity index (χ1n) is 10.5. The Kier molecular flexibility index (Phi) is 6.18. The van der Waals surface area contributed by atoms with Crippen LogP contribution in [-0.4, -0.2) is 53.8 Å². The topological polar surface area (TPSA) is 53.5 Å². The van der Waals surface area contributed by atoms with Crippen LogP contribution in [0, 0.1) is 5.41 Å². The molecule has 1 saturated heterocycles. The van der Waals surface area contributed by atoms with Gasteiger partial charge in [-0.1, -0.05) is 36.4 Å². The number of pyridine rings is 1. The van der Waals surface area contributed by atoms with Crippen LogP contribution in [0.2, 0.25) is 0 Å². The first-order valence-corrected chi connectivity index (χ1v) is 11.4. The van der Waals surface area contributed by atoms with Gasteiger partial charge in [-0.25, -0.2) is 0 Å². The standard InChI is InChI=1S/C25H27N3O2S/c1-27(2)24(30)25(16-19-7-9-21(10-8-19)22-6-4-14-31-22)11-13-28(18-25)23(29)15-20-5-3-12-26-17-20/h3-10,12,14,17H,11,13,15-16,18H2,1-2H3. The normalized spacial score (nSPS) is 18.2. The molecule has 6 heteroatoms. The van der Waals surface area contributed by atoms with Crippen molar-refractivity contribution in [2.75, 3.05) is 27.2 Å². The second-order valence-corrected chi connectivity index (χ2v) is 9.38. The fourth-order valence-electron chi connectivity index (χ4n) is 4.36. The molecule has 0 bridgehead atoms. The number of aromatic nitrogens is 1. The predicted molar refractivity (Wildman–Crippen MR) is 124 cm³/mol. The average Bonchev–Trinajstić information content (AvgIpc) is 3.46. The summed E-state index contributed by atoms with van der Waals surface area (Å²) in [5.41, 5.74) is 2.62. The number of amides is 2. The van der Waals surface area contributed by atoms with Gasteiger partial charge in [0.05, 0.1) is 11.8 Å². The van der Waals surface area contributed by atoms with Crippen LogP contribution in [0.25, 0.3) is 10.4 Å². The summed E-state index contributed by atoms with van der Waals surface area (Å²) in [6.45, 7) is 1.06. The van der Waals surface area contributed by atoms with Gasteiger partial charge in [0.2, 0.25) is 11.8 Å². The number of nitrogens with zero attached hydrogens (tertiary/aromatic N) is 3. The first-order chi connectivity index (χ1) is 15.0. The highest BCUT2D eigenvalue weighted by Gasteiger charge is 2.46. The van der Waals surface area contributed by atoms with E-state index in [9.17, 15) is 9.59 Å². The van der Waals surface area contributed by atoms with Crippen molar-refractivity contribution < 1.29 is 9.59 Å². The minimum Gasteiger partial charge on any atom is -0.348 e. The molecule has 2 amide bonds. The lowest BCUT2D eigenvalue weighted by Crippen LogP contribution is -2.44. The molecule has 5 nitrogen and oxygen atoms in total. The molecule has 0 N–H and O–H groups in total. The van der Waals surface area contributed by atoms with Gasteiger partial charge in [-0.2, -0.15) is 0 Å². The Morgan fingerprint density at radius 3 is 2.55 bits per heavy atom. The number of thiophene rings is 1. The number of hydrogen-bond donors (Lipinski definition) is 0. The second-order valence-electron chi connectivity index (χ2n) is 8.43. The van der Waals surface area contributed by atoms with Crippen molar-refractivity contribution in [3.63, 3.8) is 0 Å². The van der Waals surface area contributed by atoms with E-state index < -0.39 is 5.41 Å². The number of benzene rings is 1. The number of carbonyl (C=O) groups is 2. The van der Waals surface area contributed by atoms with E-state index in [1.807, 2.05) is 23.1 Å². The fraction of sp³-hybridized carbons (Fsp3) is 0.320. The summed E-state index contributed by atoms with van der Waals surface area (Å²) in [6.07, 6.45) is 5.05. The van der Waals surface area contributed by atoms with Gasteiger partial charge < -0.3 is 9.80 Å². The summed E-state index contributed by atoms with van der Waals surface area (Å²) in [7, 11) is 3.59. The van der Waals surface area contributed by atoms with Crippen LogP contribution in [0.4, 0.5) is 0 Å². The number of rotatable bonds is 6. The number of hydrogen-bond acceptors (Lipinski definition) is 4. The van der Waals surface area contributed by atoms with Crippen molar-refractivity contribution in [2.24, 2.45) is 5.41 Å². The van der Waals surface area contributed by atoms with Crippen LogP contribution in [-0.2, 0) is 22.4 Å². The molecule has 0 radical (unpaired) electrons. The zero-order valence-electron chi connectivity index (χ0n) is 18.0. The molecule has 2 aromatic heterocycles. The molecule has 0 spiro atoms. The van der Waals surface area contributed by atoms with Crippen molar-refractivity contribution in [3.8, 4) is 10.4 Å². The Morgan fingerprint density at radius 2 is 1.90 bits per heavy atom. The van der Waals surface area contributed by atoms with E-state index >= 15 is 0 Å². The summed E-state index contributed by atoms with van der Waals surface area (Å²) >= 11 is 1.72. The summed E-state index contributed by atoms with van der Waals surface area (Å²) in [5, 5.41) is 2.07. The molecular weight excluding hydrogens is 406 g/mol. The molecule has 4 rings (SSSR count). The molecule has 0 aliphatic carbocycles. The molecule has 31 heavy (non-hydrogen) atoms. The zero-order valence-corrected chi connectivity index (χ0v) is 18.8. The lowest BCUT2D eigenvalue weighted by Gasteiger charge is -2.31. The lowest BCUT2D eigenvalue weighted by molar-refractivity contribution is -0.139. The average molecular weight is 434 g/mol. The largest absolute Gasteiger partial charge is 0.348 e. The van der Waals surface area contributed by atoms with E-state index in [1.54, 1.807) is 42.7 Å². The Bertz CT molecular complexity index is 1030.